The van der Waals surface area contributed by atoms with Crippen LogP contribution in [0.25, 0.3) is 11.3 Å². The lowest BCUT2D eigenvalue weighted by Crippen LogP contribution is -2.30. The molecule has 5 aromatic rings. The van der Waals surface area contributed by atoms with Crippen LogP contribution >= 0.6 is 0 Å². The molecule has 0 bridgehead atoms. The van der Waals surface area contributed by atoms with E-state index in [1.165, 1.54) is 0 Å². The third kappa shape index (κ3) is 5.87. The predicted molar refractivity (Wildman–Crippen MR) is 153 cm³/mol. The highest BCUT2D eigenvalue weighted by atomic mass is 16.2. The van der Waals surface area contributed by atoms with Crippen molar-refractivity contribution in [1.29, 1.82) is 0 Å². The number of carbonyl (C=O) groups is 1. The van der Waals surface area contributed by atoms with Gasteiger partial charge in [-0.25, -0.2) is 9.97 Å². The molecule has 0 fully saturated rings. The van der Waals surface area contributed by atoms with Crippen LogP contribution in [0, 0.1) is 6.92 Å². The SMILES string of the molecule is Cc1c(N)cccc1-c1ccnc(Nc2ccc(C(=O)N(Cc3ccccc3)Cc3ccccc3)cc2)n1. The van der Waals surface area contributed by atoms with Gasteiger partial charge in [0.15, 0.2) is 0 Å². The first-order valence-electron chi connectivity index (χ1n) is 12.5. The van der Waals surface area contributed by atoms with Crippen LogP contribution in [-0.2, 0) is 13.1 Å². The molecule has 5 rings (SSSR count). The number of nitrogen functional groups attached to an aromatic ring is 1. The summed E-state index contributed by atoms with van der Waals surface area (Å²) >= 11 is 0. The number of carbonyl (C=O) groups excluding carboxylic acids is 1. The predicted octanol–water partition coefficient (Wildman–Crippen LogP) is 6.62. The minimum absolute atomic E-state index is 0.0281. The first kappa shape index (κ1) is 24.7. The third-order valence-electron chi connectivity index (χ3n) is 6.41. The van der Waals surface area contributed by atoms with E-state index in [1.807, 2.05) is 121 Å². The fourth-order valence-corrected chi connectivity index (χ4v) is 4.31. The lowest BCUT2D eigenvalue weighted by molar-refractivity contribution is 0.0730. The van der Waals surface area contributed by atoms with E-state index in [4.69, 9.17) is 5.73 Å². The first-order valence-corrected chi connectivity index (χ1v) is 12.5. The van der Waals surface area contributed by atoms with Crippen LogP contribution in [0.4, 0.5) is 17.3 Å². The topological polar surface area (TPSA) is 84.1 Å². The molecular formula is C32H29N5O. The molecule has 6 nitrogen and oxygen atoms in total. The lowest BCUT2D eigenvalue weighted by Gasteiger charge is -2.23. The fourth-order valence-electron chi connectivity index (χ4n) is 4.31. The quantitative estimate of drug-likeness (QED) is 0.234. The van der Waals surface area contributed by atoms with Crippen molar-refractivity contribution in [3.63, 3.8) is 0 Å². The number of nitrogens with one attached hydrogen (secondary N) is 1. The van der Waals surface area contributed by atoms with Gasteiger partial charge in [-0.1, -0.05) is 72.8 Å². The van der Waals surface area contributed by atoms with E-state index in [9.17, 15) is 4.79 Å². The molecule has 1 aromatic heterocycles. The van der Waals surface area contributed by atoms with Crippen LogP contribution in [0.5, 0.6) is 0 Å². The summed E-state index contributed by atoms with van der Waals surface area (Å²) in [5, 5.41) is 3.24. The standard InChI is InChI=1S/C32H29N5O/c1-23-28(13-8-14-29(23)33)30-19-20-34-32(36-30)35-27-17-15-26(16-18-27)31(38)37(21-24-9-4-2-5-10-24)22-25-11-6-3-7-12-25/h2-20H,21-22,33H2,1H3,(H,34,35,36). The highest BCUT2D eigenvalue weighted by molar-refractivity contribution is 5.94. The molecule has 1 heterocycles. The molecule has 0 saturated heterocycles. The average Bonchev–Trinajstić information content (AvgIpc) is 2.95. The average molecular weight is 500 g/mol. The van der Waals surface area contributed by atoms with Gasteiger partial charge in [0, 0.05) is 41.8 Å². The van der Waals surface area contributed by atoms with E-state index in [-0.39, 0.29) is 5.91 Å². The highest BCUT2D eigenvalue weighted by Gasteiger charge is 2.17. The van der Waals surface area contributed by atoms with Gasteiger partial charge in [-0.2, -0.15) is 0 Å². The maximum Gasteiger partial charge on any atom is 0.254 e. The number of hydrogen-bond donors (Lipinski definition) is 2. The summed E-state index contributed by atoms with van der Waals surface area (Å²) in [4.78, 5) is 24.5. The normalized spacial score (nSPS) is 10.7. The van der Waals surface area contributed by atoms with Crippen LogP contribution in [0.3, 0.4) is 0 Å². The van der Waals surface area contributed by atoms with E-state index in [1.54, 1.807) is 6.20 Å². The molecule has 0 aliphatic heterocycles. The van der Waals surface area contributed by atoms with Crippen LogP contribution < -0.4 is 11.1 Å². The number of anilines is 3. The molecule has 6 heteroatoms. The van der Waals surface area contributed by atoms with Crippen LogP contribution in [0.1, 0.15) is 27.0 Å². The largest absolute Gasteiger partial charge is 0.398 e. The Morgan fingerprint density at radius 2 is 1.42 bits per heavy atom. The summed E-state index contributed by atoms with van der Waals surface area (Å²) in [6.07, 6.45) is 1.72. The fraction of sp³-hybridized carbons (Fsp3) is 0.0938. The summed E-state index contributed by atoms with van der Waals surface area (Å²) in [5.74, 6) is 0.442. The summed E-state index contributed by atoms with van der Waals surface area (Å²) in [6.45, 7) is 3.03. The number of rotatable bonds is 8. The second kappa shape index (κ2) is 11.4. The maximum atomic E-state index is 13.6. The molecule has 0 radical (unpaired) electrons. The van der Waals surface area contributed by atoms with E-state index in [0.29, 0.717) is 24.6 Å². The minimum atomic E-state index is -0.0281. The molecule has 0 aliphatic rings. The Morgan fingerprint density at radius 3 is 2.05 bits per heavy atom. The Hall–Kier alpha value is -4.97. The van der Waals surface area contributed by atoms with Gasteiger partial charge >= 0.3 is 0 Å². The Balaban J connectivity index is 1.33. The van der Waals surface area contributed by atoms with Gasteiger partial charge in [-0.05, 0) is 60.0 Å². The van der Waals surface area contributed by atoms with Crippen molar-refractivity contribution in [3.05, 3.63) is 138 Å². The molecule has 0 atom stereocenters. The first-order chi connectivity index (χ1) is 18.6. The summed E-state index contributed by atoms with van der Waals surface area (Å²) in [5.41, 5.74) is 13.1. The minimum Gasteiger partial charge on any atom is -0.398 e. The van der Waals surface area contributed by atoms with Gasteiger partial charge in [0.25, 0.3) is 5.91 Å². The van der Waals surface area contributed by atoms with Crippen molar-refractivity contribution in [2.45, 2.75) is 20.0 Å². The van der Waals surface area contributed by atoms with Crippen molar-refractivity contribution < 1.29 is 4.79 Å². The Morgan fingerprint density at radius 1 is 0.789 bits per heavy atom. The van der Waals surface area contributed by atoms with E-state index >= 15 is 0 Å². The van der Waals surface area contributed by atoms with Gasteiger partial charge < -0.3 is 16.0 Å². The molecule has 1 amide bonds. The maximum absolute atomic E-state index is 13.6. The Labute approximate surface area is 222 Å². The van der Waals surface area contributed by atoms with Gasteiger partial charge in [0.1, 0.15) is 0 Å². The second-order valence-corrected chi connectivity index (χ2v) is 9.12. The van der Waals surface area contributed by atoms with Crippen LogP contribution in [0.15, 0.2) is 115 Å². The summed E-state index contributed by atoms with van der Waals surface area (Å²) < 4.78 is 0. The number of nitrogens with two attached hydrogens (primary N) is 1. The van der Waals surface area contributed by atoms with Crippen molar-refractivity contribution in [3.8, 4) is 11.3 Å². The van der Waals surface area contributed by atoms with Gasteiger partial charge in [-0.3, -0.25) is 4.79 Å². The lowest BCUT2D eigenvalue weighted by atomic mass is 10.0. The van der Waals surface area contributed by atoms with Gasteiger partial charge in [0.05, 0.1) is 5.69 Å². The van der Waals surface area contributed by atoms with Gasteiger partial charge in [0.2, 0.25) is 5.95 Å². The molecule has 0 aliphatic carbocycles. The van der Waals surface area contributed by atoms with Crippen molar-refractivity contribution in [2.75, 3.05) is 11.1 Å². The monoisotopic (exact) mass is 499 g/mol. The second-order valence-electron chi connectivity index (χ2n) is 9.12. The van der Waals surface area contributed by atoms with Crippen molar-refractivity contribution >= 4 is 23.2 Å². The van der Waals surface area contributed by atoms with E-state index in [2.05, 4.69) is 15.3 Å². The highest BCUT2D eigenvalue weighted by Crippen LogP contribution is 2.26. The number of amides is 1. The molecule has 188 valence electrons. The summed E-state index contributed by atoms with van der Waals surface area (Å²) in [6, 6.07) is 35.2. The zero-order chi connectivity index (χ0) is 26.3. The molecule has 4 aromatic carbocycles. The molecule has 3 N–H and O–H groups in total. The zero-order valence-corrected chi connectivity index (χ0v) is 21.2. The van der Waals surface area contributed by atoms with Gasteiger partial charge in [-0.15, -0.1) is 0 Å². The number of benzene rings is 4. The van der Waals surface area contributed by atoms with Crippen molar-refractivity contribution in [2.24, 2.45) is 0 Å². The molecular weight excluding hydrogens is 470 g/mol. The third-order valence-corrected chi connectivity index (χ3v) is 6.41. The van der Waals surface area contributed by atoms with E-state index in [0.717, 1.165) is 39.3 Å². The van der Waals surface area contributed by atoms with Crippen LogP contribution in [0.2, 0.25) is 0 Å². The smallest absolute Gasteiger partial charge is 0.254 e. The molecule has 0 spiro atoms. The number of hydrogen-bond acceptors (Lipinski definition) is 5. The Bertz CT molecular complexity index is 1480. The molecule has 0 saturated carbocycles. The van der Waals surface area contributed by atoms with Crippen LogP contribution in [-0.4, -0.2) is 20.8 Å². The number of nitrogens with zero attached hydrogens (tertiary/aromatic N) is 3. The molecule has 38 heavy (non-hydrogen) atoms. The van der Waals surface area contributed by atoms with E-state index < -0.39 is 0 Å². The number of aromatic nitrogens is 2. The van der Waals surface area contributed by atoms with Crippen molar-refractivity contribution in [1.82, 2.24) is 14.9 Å². The summed E-state index contributed by atoms with van der Waals surface area (Å²) in [7, 11) is 0. The molecule has 0 unspecified atom stereocenters. The zero-order valence-electron chi connectivity index (χ0n) is 21.2. The Kier molecular flexibility index (Phi) is 7.41.